The maximum atomic E-state index is 5.37. The minimum Gasteiger partial charge on any atom is -0.657 e. The second-order valence-electron chi connectivity index (χ2n) is 16.2. The molecule has 2 fully saturated rings. The Balaban J connectivity index is 0.000000438. The van der Waals surface area contributed by atoms with E-state index in [0.717, 1.165) is 115 Å². The van der Waals surface area contributed by atoms with Gasteiger partial charge in [0.1, 0.15) is 0 Å². The van der Waals surface area contributed by atoms with Crippen LogP contribution >= 0.6 is 0 Å². The summed E-state index contributed by atoms with van der Waals surface area (Å²) < 4.78 is 9.64. The average molecular weight is 863 g/mol. The van der Waals surface area contributed by atoms with Crippen molar-refractivity contribution in [1.82, 2.24) is 19.9 Å². The molecule has 0 unspecified atom stereocenters. The van der Waals surface area contributed by atoms with Crippen LogP contribution in [0.4, 0.5) is 0 Å². The SMILES string of the molecule is Cc1ccc(-c2c3nc(c(-c4ccc(C)cc4)c4ccc([n-]4)c(-c4ccc(C)cc4)c4nc(c(-c5ccc(C)cc5)c5ccc2[n-]5)C=C4)C=C3)cc1.[CH-]1CCCO1.[CH-]1CCCO1.[Cr+2]. The Kier molecular flexibility index (Phi) is 13.8. The molecule has 6 nitrogen and oxygen atoms in total. The number of hydrogen-bond acceptors (Lipinski definition) is 4. The summed E-state index contributed by atoms with van der Waals surface area (Å²) >= 11 is 0. The summed E-state index contributed by atoms with van der Waals surface area (Å²) in [7, 11) is 0. The zero-order valence-corrected chi connectivity index (χ0v) is 37.5. The molecule has 3 aromatic heterocycles. The molecule has 4 aliphatic heterocycles. The number of aryl methyl sites for hydroxylation is 4. The second-order valence-corrected chi connectivity index (χ2v) is 16.2. The van der Waals surface area contributed by atoms with Gasteiger partial charge in [0, 0.05) is 13.2 Å². The molecule has 4 aromatic carbocycles. The smallest absolute Gasteiger partial charge is 0.657 e. The van der Waals surface area contributed by atoms with Crippen LogP contribution in [0.2, 0.25) is 0 Å². The predicted molar refractivity (Wildman–Crippen MR) is 256 cm³/mol. The molecule has 314 valence electrons. The molecule has 11 rings (SSSR count). The van der Waals surface area contributed by atoms with Gasteiger partial charge in [0.05, 0.1) is 22.8 Å². The van der Waals surface area contributed by atoms with Crippen LogP contribution in [0.5, 0.6) is 0 Å². The first-order valence-electron chi connectivity index (χ1n) is 21.6. The van der Waals surface area contributed by atoms with E-state index in [1.54, 1.807) is 0 Å². The molecule has 63 heavy (non-hydrogen) atoms. The molecule has 0 aliphatic carbocycles. The van der Waals surface area contributed by atoms with E-state index in [2.05, 4.69) is 173 Å². The number of nitrogens with zero attached hydrogens (tertiary/aromatic N) is 4. The summed E-state index contributed by atoms with van der Waals surface area (Å²) in [6, 6.07) is 43.0. The van der Waals surface area contributed by atoms with Crippen LogP contribution < -0.4 is 9.97 Å². The first kappa shape index (κ1) is 43.6. The van der Waals surface area contributed by atoms with Gasteiger partial charge in [0.25, 0.3) is 0 Å². The molecule has 8 bridgehead atoms. The van der Waals surface area contributed by atoms with Crippen molar-refractivity contribution in [3.8, 4) is 44.5 Å². The van der Waals surface area contributed by atoms with Crippen molar-refractivity contribution < 1.29 is 26.8 Å². The third kappa shape index (κ3) is 9.94. The van der Waals surface area contributed by atoms with Crippen molar-refractivity contribution in [1.29, 1.82) is 0 Å². The van der Waals surface area contributed by atoms with Gasteiger partial charge in [0.2, 0.25) is 0 Å². The van der Waals surface area contributed by atoms with Crippen LogP contribution in [-0.4, -0.2) is 23.2 Å². The number of benzene rings is 4. The zero-order chi connectivity index (χ0) is 42.4. The fraction of sp³-hybridized carbons (Fsp3) is 0.179. The van der Waals surface area contributed by atoms with Crippen LogP contribution in [-0.2, 0) is 26.8 Å². The summed E-state index contributed by atoms with van der Waals surface area (Å²) in [6.07, 6.45) is 13.2. The molecular formula is C56H50CrN4O2-2. The van der Waals surface area contributed by atoms with Crippen molar-refractivity contribution in [2.24, 2.45) is 0 Å². The molecule has 0 N–H and O–H groups in total. The van der Waals surface area contributed by atoms with Gasteiger partial charge in [-0.1, -0.05) is 156 Å². The van der Waals surface area contributed by atoms with Crippen LogP contribution in [0, 0.1) is 40.9 Å². The van der Waals surface area contributed by atoms with Crippen molar-refractivity contribution in [2.45, 2.75) is 53.4 Å². The van der Waals surface area contributed by atoms with Gasteiger partial charge in [0.15, 0.2) is 0 Å². The molecule has 0 saturated carbocycles. The van der Waals surface area contributed by atoms with Gasteiger partial charge in [-0.2, -0.15) is 12.8 Å². The van der Waals surface area contributed by atoms with E-state index in [9.17, 15) is 0 Å². The third-order valence-corrected chi connectivity index (χ3v) is 11.4. The van der Waals surface area contributed by atoms with Gasteiger partial charge in [-0.25, -0.2) is 23.2 Å². The fourth-order valence-corrected chi connectivity index (χ4v) is 7.98. The van der Waals surface area contributed by atoms with Crippen molar-refractivity contribution in [3.05, 3.63) is 180 Å². The van der Waals surface area contributed by atoms with E-state index >= 15 is 0 Å². The molecular weight excluding hydrogens is 813 g/mol. The van der Waals surface area contributed by atoms with Gasteiger partial charge in [-0.3, -0.25) is 0 Å². The van der Waals surface area contributed by atoms with Crippen LogP contribution in [0.25, 0.3) is 90.9 Å². The van der Waals surface area contributed by atoms with E-state index in [1.165, 1.54) is 35.1 Å². The summed E-state index contributed by atoms with van der Waals surface area (Å²) in [6.45, 7) is 14.1. The monoisotopic (exact) mass is 862 g/mol. The van der Waals surface area contributed by atoms with Crippen molar-refractivity contribution in [3.63, 3.8) is 0 Å². The largest absolute Gasteiger partial charge is 2.00 e. The fourth-order valence-electron chi connectivity index (χ4n) is 7.98. The Morgan fingerprint density at radius 2 is 0.635 bits per heavy atom. The normalized spacial score (nSPS) is 13.8. The second kappa shape index (κ2) is 20.0. The van der Waals surface area contributed by atoms with Gasteiger partial charge in [-0.15, -0.1) is 22.1 Å². The Morgan fingerprint density at radius 1 is 0.381 bits per heavy atom. The van der Waals surface area contributed by atoms with Gasteiger partial charge < -0.3 is 19.4 Å². The molecule has 0 atom stereocenters. The zero-order valence-electron chi connectivity index (χ0n) is 36.3. The predicted octanol–water partition coefficient (Wildman–Crippen LogP) is 13.7. The minimum atomic E-state index is 0. The van der Waals surface area contributed by atoms with Crippen LogP contribution in [0.1, 0.15) is 70.7 Å². The summed E-state index contributed by atoms with van der Waals surface area (Å²) in [5.41, 5.74) is 19.9. The van der Waals surface area contributed by atoms with Crippen molar-refractivity contribution in [2.75, 3.05) is 13.2 Å². The Morgan fingerprint density at radius 3 is 0.825 bits per heavy atom. The molecule has 0 spiro atoms. The molecule has 7 heteroatoms. The number of ether oxygens (including phenoxy) is 2. The van der Waals surface area contributed by atoms with E-state index in [0.29, 0.717) is 0 Å². The number of fused-ring (bicyclic) bond motifs is 8. The van der Waals surface area contributed by atoms with Gasteiger partial charge >= 0.3 is 17.4 Å². The van der Waals surface area contributed by atoms with Crippen LogP contribution in [0.3, 0.4) is 0 Å². The Bertz CT molecular complexity index is 2520. The molecule has 0 radical (unpaired) electrons. The molecule has 7 heterocycles. The Labute approximate surface area is 382 Å². The number of aromatic nitrogens is 4. The number of rotatable bonds is 4. The Hall–Kier alpha value is -6.07. The van der Waals surface area contributed by atoms with E-state index in [4.69, 9.17) is 29.4 Å². The third-order valence-electron chi connectivity index (χ3n) is 11.4. The number of hydrogen-bond donors (Lipinski definition) is 0. The summed E-state index contributed by atoms with van der Waals surface area (Å²) in [4.78, 5) is 21.5. The quantitative estimate of drug-likeness (QED) is 0.164. The average Bonchev–Trinajstić information content (AvgIpc) is 4.15. The van der Waals surface area contributed by atoms with E-state index < -0.39 is 0 Å². The summed E-state index contributed by atoms with van der Waals surface area (Å²) in [5.74, 6) is 0. The molecule has 0 amide bonds. The molecule has 4 aliphatic rings. The van der Waals surface area contributed by atoms with Crippen molar-refractivity contribution >= 4 is 46.4 Å². The van der Waals surface area contributed by atoms with Crippen LogP contribution in [0.15, 0.2) is 121 Å². The molecule has 2 saturated heterocycles. The van der Waals surface area contributed by atoms with E-state index in [-0.39, 0.29) is 17.4 Å². The standard InChI is InChI=1S/C48H36N4.2C4H7O.Cr/c1-29-5-13-33(14-6-29)45-37-21-23-39(49-37)46(34-15-7-30(2)8-16-34)41-25-27-43(51-41)48(36-19-11-32(4)12-20-36)44-28-26-42(52-44)47(40-24-22-38(45)50-40)35-17-9-31(3)10-18-35;2*1-2-4-5-3-1;/h5-28H,1-4H3;2*3H,1-2,4H2;/q-2;2*-1;+2. The van der Waals surface area contributed by atoms with Gasteiger partial charge in [-0.05, 0) is 96.5 Å². The first-order valence-corrected chi connectivity index (χ1v) is 21.6. The maximum Gasteiger partial charge on any atom is 2.00 e. The topological polar surface area (TPSA) is 72.4 Å². The van der Waals surface area contributed by atoms with E-state index in [1.807, 2.05) is 13.2 Å². The minimum absolute atomic E-state index is 0. The summed E-state index contributed by atoms with van der Waals surface area (Å²) in [5, 5.41) is 0. The molecule has 7 aromatic rings. The first-order chi connectivity index (χ1) is 30.4. The maximum absolute atomic E-state index is 5.37.